The lowest BCUT2D eigenvalue weighted by molar-refractivity contribution is -0.118. The SMILES string of the molecule is C=CCn1c(SCC(=O)NCc2ccc(C)cc2)nnc1-c1cccs1. The van der Waals surface area contributed by atoms with E-state index in [1.165, 1.54) is 17.3 Å². The predicted molar refractivity (Wildman–Crippen MR) is 107 cm³/mol. The summed E-state index contributed by atoms with van der Waals surface area (Å²) in [4.78, 5) is 13.2. The molecule has 0 bridgehead atoms. The first-order chi connectivity index (χ1) is 12.7. The van der Waals surface area contributed by atoms with Gasteiger partial charge in [0.2, 0.25) is 5.91 Å². The molecule has 3 aromatic rings. The number of carbonyl (C=O) groups excluding carboxylic acids is 1. The number of aromatic nitrogens is 3. The van der Waals surface area contributed by atoms with E-state index in [4.69, 9.17) is 0 Å². The molecule has 26 heavy (non-hydrogen) atoms. The van der Waals surface area contributed by atoms with E-state index in [0.29, 0.717) is 18.8 Å². The van der Waals surface area contributed by atoms with Crippen molar-refractivity contribution in [1.82, 2.24) is 20.1 Å². The van der Waals surface area contributed by atoms with E-state index in [1.807, 2.05) is 59.3 Å². The van der Waals surface area contributed by atoms with Gasteiger partial charge in [-0.1, -0.05) is 53.7 Å². The first-order valence-corrected chi connectivity index (χ1v) is 10.1. The van der Waals surface area contributed by atoms with Crippen molar-refractivity contribution in [2.24, 2.45) is 0 Å². The minimum atomic E-state index is -0.0265. The second kappa shape index (κ2) is 8.82. The van der Waals surface area contributed by atoms with E-state index in [2.05, 4.69) is 22.1 Å². The van der Waals surface area contributed by atoms with E-state index in [0.717, 1.165) is 21.4 Å². The lowest BCUT2D eigenvalue weighted by Crippen LogP contribution is -2.24. The number of thioether (sulfide) groups is 1. The molecule has 2 aromatic heterocycles. The summed E-state index contributed by atoms with van der Waals surface area (Å²) in [6, 6.07) is 12.1. The Balaban J connectivity index is 1.59. The fraction of sp³-hybridized carbons (Fsp3) is 0.211. The number of hydrogen-bond donors (Lipinski definition) is 1. The number of hydrogen-bond acceptors (Lipinski definition) is 5. The Bertz CT molecular complexity index is 870. The molecule has 0 aliphatic rings. The first kappa shape index (κ1) is 18.4. The highest BCUT2D eigenvalue weighted by Gasteiger charge is 2.15. The van der Waals surface area contributed by atoms with Gasteiger partial charge in [0.25, 0.3) is 0 Å². The molecule has 1 amide bonds. The number of rotatable bonds is 8. The highest BCUT2D eigenvalue weighted by Crippen LogP contribution is 2.27. The zero-order valence-corrected chi connectivity index (χ0v) is 16.1. The normalized spacial score (nSPS) is 10.7. The molecule has 3 rings (SSSR count). The Morgan fingerprint density at radius 3 is 2.81 bits per heavy atom. The Kier molecular flexibility index (Phi) is 6.25. The summed E-state index contributed by atoms with van der Waals surface area (Å²) in [5.74, 6) is 1.08. The molecule has 5 nitrogen and oxygen atoms in total. The summed E-state index contributed by atoms with van der Waals surface area (Å²) in [6.45, 7) is 6.98. The van der Waals surface area contributed by atoms with Crippen LogP contribution in [0.1, 0.15) is 11.1 Å². The Morgan fingerprint density at radius 2 is 2.12 bits per heavy atom. The molecule has 134 valence electrons. The van der Waals surface area contributed by atoms with Crippen molar-refractivity contribution in [2.75, 3.05) is 5.75 Å². The van der Waals surface area contributed by atoms with Crippen LogP contribution >= 0.6 is 23.1 Å². The maximum Gasteiger partial charge on any atom is 0.230 e. The van der Waals surface area contributed by atoms with Crippen LogP contribution in [-0.2, 0) is 17.9 Å². The van der Waals surface area contributed by atoms with Crippen LogP contribution in [0.3, 0.4) is 0 Å². The first-order valence-electron chi connectivity index (χ1n) is 8.20. The van der Waals surface area contributed by atoms with Gasteiger partial charge in [0, 0.05) is 13.1 Å². The minimum Gasteiger partial charge on any atom is -0.351 e. The van der Waals surface area contributed by atoms with Gasteiger partial charge in [-0.15, -0.1) is 28.1 Å². The third kappa shape index (κ3) is 4.62. The van der Waals surface area contributed by atoms with Gasteiger partial charge < -0.3 is 5.32 Å². The van der Waals surface area contributed by atoms with Crippen LogP contribution in [0.4, 0.5) is 0 Å². The number of benzene rings is 1. The minimum absolute atomic E-state index is 0.0265. The van der Waals surface area contributed by atoms with Gasteiger partial charge in [0.05, 0.1) is 10.6 Å². The van der Waals surface area contributed by atoms with Crippen molar-refractivity contribution >= 4 is 29.0 Å². The van der Waals surface area contributed by atoms with Crippen LogP contribution in [0, 0.1) is 6.92 Å². The van der Waals surface area contributed by atoms with E-state index in [1.54, 1.807) is 11.3 Å². The van der Waals surface area contributed by atoms with Crippen molar-refractivity contribution < 1.29 is 4.79 Å². The summed E-state index contributed by atoms with van der Waals surface area (Å²) in [7, 11) is 0. The number of nitrogens with one attached hydrogen (secondary N) is 1. The number of nitrogens with zero attached hydrogens (tertiary/aromatic N) is 3. The number of thiophene rings is 1. The number of aryl methyl sites for hydroxylation is 1. The van der Waals surface area contributed by atoms with E-state index in [-0.39, 0.29) is 5.91 Å². The zero-order chi connectivity index (χ0) is 18.4. The molecule has 0 saturated heterocycles. The van der Waals surface area contributed by atoms with Crippen molar-refractivity contribution in [3.05, 3.63) is 65.6 Å². The fourth-order valence-corrected chi connectivity index (χ4v) is 3.86. The van der Waals surface area contributed by atoms with Crippen LogP contribution in [-0.4, -0.2) is 26.4 Å². The maximum atomic E-state index is 12.2. The average molecular weight is 385 g/mol. The monoisotopic (exact) mass is 384 g/mol. The van der Waals surface area contributed by atoms with Gasteiger partial charge in [-0.05, 0) is 23.9 Å². The summed E-state index contributed by atoms with van der Waals surface area (Å²) in [6.07, 6.45) is 1.81. The van der Waals surface area contributed by atoms with Gasteiger partial charge in [-0.3, -0.25) is 9.36 Å². The summed E-state index contributed by atoms with van der Waals surface area (Å²) >= 11 is 3.00. The molecule has 0 spiro atoms. The Morgan fingerprint density at radius 1 is 1.31 bits per heavy atom. The number of amides is 1. The molecular formula is C19H20N4OS2. The topological polar surface area (TPSA) is 59.8 Å². The largest absolute Gasteiger partial charge is 0.351 e. The molecule has 1 N–H and O–H groups in total. The summed E-state index contributed by atoms with van der Waals surface area (Å²) in [5, 5.41) is 14.2. The van der Waals surface area contributed by atoms with Crippen molar-refractivity contribution in [3.63, 3.8) is 0 Å². The zero-order valence-electron chi connectivity index (χ0n) is 14.5. The third-order valence-electron chi connectivity index (χ3n) is 3.71. The third-order valence-corrected chi connectivity index (χ3v) is 5.55. The molecule has 0 unspecified atom stereocenters. The van der Waals surface area contributed by atoms with Crippen LogP contribution < -0.4 is 5.32 Å². The van der Waals surface area contributed by atoms with Crippen LogP contribution in [0.2, 0.25) is 0 Å². The quantitative estimate of drug-likeness (QED) is 0.472. The molecule has 2 heterocycles. The molecule has 0 radical (unpaired) electrons. The molecule has 0 saturated carbocycles. The van der Waals surface area contributed by atoms with Gasteiger partial charge in [-0.25, -0.2) is 0 Å². The molecular weight excluding hydrogens is 364 g/mol. The molecule has 0 aliphatic heterocycles. The predicted octanol–water partition coefficient (Wildman–Crippen LogP) is 3.91. The van der Waals surface area contributed by atoms with Crippen molar-refractivity contribution in [3.8, 4) is 10.7 Å². The fourth-order valence-electron chi connectivity index (χ4n) is 2.36. The molecule has 7 heteroatoms. The van der Waals surface area contributed by atoms with Crippen molar-refractivity contribution in [2.45, 2.75) is 25.2 Å². The lowest BCUT2D eigenvalue weighted by atomic mass is 10.1. The molecule has 0 aliphatic carbocycles. The van der Waals surface area contributed by atoms with Crippen LogP contribution in [0.15, 0.2) is 59.6 Å². The second-order valence-corrected chi connectivity index (χ2v) is 7.62. The molecule has 0 atom stereocenters. The van der Waals surface area contributed by atoms with Gasteiger partial charge in [0.15, 0.2) is 11.0 Å². The van der Waals surface area contributed by atoms with Gasteiger partial charge >= 0.3 is 0 Å². The standard InChI is InChI=1S/C19H20N4OS2/c1-3-10-23-18(16-5-4-11-25-16)21-22-19(23)26-13-17(24)20-12-15-8-6-14(2)7-9-15/h3-9,11H,1,10,12-13H2,2H3,(H,20,24). The molecule has 1 aromatic carbocycles. The highest BCUT2D eigenvalue weighted by molar-refractivity contribution is 7.99. The Labute approximate surface area is 161 Å². The smallest absolute Gasteiger partial charge is 0.230 e. The maximum absolute atomic E-state index is 12.2. The second-order valence-electron chi connectivity index (χ2n) is 5.73. The van der Waals surface area contributed by atoms with E-state index < -0.39 is 0 Å². The summed E-state index contributed by atoms with van der Waals surface area (Å²) in [5.41, 5.74) is 2.29. The van der Waals surface area contributed by atoms with Gasteiger partial charge in [-0.2, -0.15) is 0 Å². The molecule has 0 fully saturated rings. The van der Waals surface area contributed by atoms with E-state index >= 15 is 0 Å². The highest BCUT2D eigenvalue weighted by atomic mass is 32.2. The van der Waals surface area contributed by atoms with Crippen LogP contribution in [0.5, 0.6) is 0 Å². The van der Waals surface area contributed by atoms with Gasteiger partial charge in [0.1, 0.15) is 0 Å². The Hall–Kier alpha value is -2.38. The van der Waals surface area contributed by atoms with E-state index in [9.17, 15) is 4.79 Å². The average Bonchev–Trinajstić information content (AvgIpc) is 3.29. The lowest BCUT2D eigenvalue weighted by Gasteiger charge is -2.07. The number of allylic oxidation sites excluding steroid dienone is 1. The summed E-state index contributed by atoms with van der Waals surface area (Å²) < 4.78 is 1.98. The number of carbonyl (C=O) groups is 1. The van der Waals surface area contributed by atoms with Crippen LogP contribution in [0.25, 0.3) is 10.7 Å². The van der Waals surface area contributed by atoms with Crippen molar-refractivity contribution in [1.29, 1.82) is 0 Å².